The van der Waals surface area contributed by atoms with Crippen molar-refractivity contribution >= 4 is 0 Å². The van der Waals surface area contributed by atoms with E-state index in [1.54, 1.807) is 6.07 Å². The van der Waals surface area contributed by atoms with Crippen molar-refractivity contribution in [2.45, 2.75) is 12.6 Å². The monoisotopic (exact) mass is 229 g/mol. The quantitative estimate of drug-likeness (QED) is 0.669. The molecule has 0 amide bonds. The molecular formula is C11H16FNO3. The molecule has 0 bridgehead atoms. The van der Waals surface area contributed by atoms with E-state index in [1.165, 1.54) is 19.2 Å². The van der Waals surface area contributed by atoms with Gasteiger partial charge in [0, 0.05) is 20.2 Å². The first-order valence-corrected chi connectivity index (χ1v) is 4.98. The smallest absolute Gasteiger partial charge is 0.165 e. The van der Waals surface area contributed by atoms with Gasteiger partial charge < -0.3 is 20.3 Å². The zero-order valence-electron chi connectivity index (χ0n) is 9.11. The lowest BCUT2D eigenvalue weighted by Gasteiger charge is -2.10. The Labute approximate surface area is 93.7 Å². The third-order valence-corrected chi connectivity index (χ3v) is 2.08. The number of rotatable bonds is 6. The van der Waals surface area contributed by atoms with E-state index in [2.05, 4.69) is 5.32 Å². The Morgan fingerprint density at radius 2 is 2.25 bits per heavy atom. The highest BCUT2D eigenvalue weighted by Gasteiger charge is 2.04. The summed E-state index contributed by atoms with van der Waals surface area (Å²) in [4.78, 5) is 0. The summed E-state index contributed by atoms with van der Waals surface area (Å²) in [6.07, 6.45) is -0.577. The van der Waals surface area contributed by atoms with E-state index in [-0.39, 0.29) is 12.4 Å². The summed E-state index contributed by atoms with van der Waals surface area (Å²) in [5.41, 5.74) is 0.708. The van der Waals surface area contributed by atoms with Gasteiger partial charge >= 0.3 is 0 Å². The second-order valence-corrected chi connectivity index (χ2v) is 3.53. The molecule has 1 aromatic rings. The average molecular weight is 229 g/mol. The van der Waals surface area contributed by atoms with E-state index < -0.39 is 11.9 Å². The van der Waals surface area contributed by atoms with Gasteiger partial charge in [0.1, 0.15) is 0 Å². The summed E-state index contributed by atoms with van der Waals surface area (Å²) in [6, 6.07) is 4.18. The highest BCUT2D eigenvalue weighted by Crippen LogP contribution is 2.15. The van der Waals surface area contributed by atoms with Crippen molar-refractivity contribution < 1.29 is 19.3 Å². The van der Waals surface area contributed by atoms with E-state index in [4.69, 9.17) is 9.84 Å². The minimum atomic E-state index is -0.642. The van der Waals surface area contributed by atoms with Crippen LogP contribution in [0, 0.1) is 5.82 Å². The number of aliphatic hydroxyl groups excluding tert-OH is 1. The van der Waals surface area contributed by atoms with Gasteiger partial charge in [-0.05, 0) is 17.7 Å². The Morgan fingerprint density at radius 3 is 2.88 bits per heavy atom. The van der Waals surface area contributed by atoms with Gasteiger partial charge in [-0.2, -0.15) is 0 Å². The van der Waals surface area contributed by atoms with Crippen LogP contribution in [0.1, 0.15) is 5.56 Å². The maximum Gasteiger partial charge on any atom is 0.165 e. The minimum absolute atomic E-state index is 0.261. The first-order valence-electron chi connectivity index (χ1n) is 4.98. The van der Waals surface area contributed by atoms with Crippen LogP contribution in [0.15, 0.2) is 18.2 Å². The fourth-order valence-electron chi connectivity index (χ4n) is 1.29. The van der Waals surface area contributed by atoms with Crippen molar-refractivity contribution in [2.75, 3.05) is 20.3 Å². The molecule has 1 aromatic carbocycles. The minimum Gasteiger partial charge on any atom is -0.505 e. The van der Waals surface area contributed by atoms with Crippen molar-refractivity contribution in [3.05, 3.63) is 29.6 Å². The molecule has 0 spiro atoms. The summed E-state index contributed by atoms with van der Waals surface area (Å²) in [5.74, 6) is -1.00. The Balaban J connectivity index is 2.34. The molecule has 1 atom stereocenters. The predicted octanol–water partition coefficient (Wildman–Crippen LogP) is 0.628. The third-order valence-electron chi connectivity index (χ3n) is 2.08. The van der Waals surface area contributed by atoms with E-state index >= 15 is 0 Å². The lowest BCUT2D eigenvalue weighted by molar-refractivity contribution is 0.0644. The van der Waals surface area contributed by atoms with Gasteiger partial charge in [0.25, 0.3) is 0 Å². The fourth-order valence-corrected chi connectivity index (χ4v) is 1.29. The first-order chi connectivity index (χ1) is 7.63. The first kappa shape index (κ1) is 12.9. The zero-order chi connectivity index (χ0) is 12.0. The number of hydrogen-bond donors (Lipinski definition) is 3. The molecule has 0 aliphatic rings. The van der Waals surface area contributed by atoms with Crippen LogP contribution in [-0.4, -0.2) is 36.6 Å². The van der Waals surface area contributed by atoms with Crippen molar-refractivity contribution in [2.24, 2.45) is 0 Å². The average Bonchev–Trinajstić information content (AvgIpc) is 2.24. The summed E-state index contributed by atoms with van der Waals surface area (Å²) in [5, 5.41) is 21.3. The molecule has 90 valence electrons. The molecule has 5 heteroatoms. The third kappa shape index (κ3) is 4.14. The van der Waals surface area contributed by atoms with E-state index in [9.17, 15) is 9.50 Å². The normalized spacial score (nSPS) is 12.7. The Bertz CT molecular complexity index is 333. The summed E-state index contributed by atoms with van der Waals surface area (Å²) in [7, 11) is 1.51. The van der Waals surface area contributed by atoms with Crippen molar-refractivity contribution in [1.82, 2.24) is 5.32 Å². The van der Waals surface area contributed by atoms with Crippen LogP contribution in [0.3, 0.4) is 0 Å². The number of phenols is 1. The molecule has 3 N–H and O–H groups in total. The molecule has 16 heavy (non-hydrogen) atoms. The Hall–Kier alpha value is -1.17. The van der Waals surface area contributed by atoms with Gasteiger partial charge in [-0.1, -0.05) is 6.07 Å². The molecule has 0 aliphatic carbocycles. The van der Waals surface area contributed by atoms with Gasteiger partial charge in [-0.15, -0.1) is 0 Å². The van der Waals surface area contributed by atoms with Crippen LogP contribution in [0.2, 0.25) is 0 Å². The number of hydrogen-bond acceptors (Lipinski definition) is 4. The molecule has 0 heterocycles. The Kier molecular flexibility index (Phi) is 5.18. The molecule has 4 nitrogen and oxygen atoms in total. The molecule has 0 aliphatic heterocycles. The molecule has 0 fully saturated rings. The molecule has 0 saturated heterocycles. The number of ether oxygens (including phenoxy) is 1. The largest absolute Gasteiger partial charge is 0.505 e. The lowest BCUT2D eigenvalue weighted by atomic mass is 10.2. The van der Waals surface area contributed by atoms with Crippen LogP contribution < -0.4 is 5.32 Å². The summed E-state index contributed by atoms with van der Waals surface area (Å²) >= 11 is 0. The molecular weight excluding hydrogens is 213 g/mol. The van der Waals surface area contributed by atoms with Crippen LogP contribution in [0.5, 0.6) is 5.75 Å². The van der Waals surface area contributed by atoms with Crippen LogP contribution in [0.4, 0.5) is 4.39 Å². The lowest BCUT2D eigenvalue weighted by Crippen LogP contribution is -2.29. The topological polar surface area (TPSA) is 61.7 Å². The molecule has 1 rings (SSSR count). The van der Waals surface area contributed by atoms with Crippen LogP contribution in [-0.2, 0) is 11.3 Å². The number of nitrogens with one attached hydrogen (secondary N) is 1. The van der Waals surface area contributed by atoms with Crippen molar-refractivity contribution in [3.63, 3.8) is 0 Å². The molecule has 0 saturated carbocycles. The number of aliphatic hydroxyl groups is 1. The summed E-state index contributed by atoms with van der Waals surface area (Å²) < 4.78 is 17.7. The van der Waals surface area contributed by atoms with E-state index in [1.807, 2.05) is 0 Å². The number of methoxy groups -OCH3 is 1. The highest BCUT2D eigenvalue weighted by molar-refractivity contribution is 5.27. The Morgan fingerprint density at radius 1 is 1.50 bits per heavy atom. The van der Waals surface area contributed by atoms with Gasteiger partial charge in [0.2, 0.25) is 0 Å². The summed E-state index contributed by atoms with van der Waals surface area (Å²) in [6.45, 7) is 1.06. The van der Waals surface area contributed by atoms with Gasteiger partial charge in [-0.3, -0.25) is 0 Å². The van der Waals surface area contributed by atoms with Crippen LogP contribution in [0.25, 0.3) is 0 Å². The predicted molar refractivity (Wildman–Crippen MR) is 57.7 cm³/mol. The number of aromatic hydroxyl groups is 1. The number of phenolic OH excluding ortho intramolecular Hbond substituents is 1. The second kappa shape index (κ2) is 6.42. The highest BCUT2D eigenvalue weighted by atomic mass is 19.1. The second-order valence-electron chi connectivity index (χ2n) is 3.53. The van der Waals surface area contributed by atoms with Gasteiger partial charge in [-0.25, -0.2) is 4.39 Å². The molecule has 1 unspecified atom stereocenters. The fraction of sp³-hybridized carbons (Fsp3) is 0.455. The van der Waals surface area contributed by atoms with E-state index in [0.717, 1.165) is 0 Å². The van der Waals surface area contributed by atoms with Crippen molar-refractivity contribution in [3.8, 4) is 5.75 Å². The van der Waals surface area contributed by atoms with Gasteiger partial charge in [0.05, 0.1) is 12.7 Å². The maximum atomic E-state index is 12.9. The van der Waals surface area contributed by atoms with Crippen LogP contribution >= 0.6 is 0 Å². The standard InChI is InChI=1S/C11H16FNO3/c1-16-7-9(14)6-13-5-8-2-3-11(15)10(12)4-8/h2-4,9,13-15H,5-7H2,1H3. The number of benzene rings is 1. The van der Waals surface area contributed by atoms with E-state index in [0.29, 0.717) is 18.7 Å². The number of halogens is 1. The molecule has 0 radical (unpaired) electrons. The molecule has 0 aromatic heterocycles. The van der Waals surface area contributed by atoms with Crippen molar-refractivity contribution in [1.29, 1.82) is 0 Å². The SMILES string of the molecule is COCC(O)CNCc1ccc(O)c(F)c1. The van der Waals surface area contributed by atoms with Gasteiger partial charge in [0.15, 0.2) is 11.6 Å². The zero-order valence-corrected chi connectivity index (χ0v) is 9.11. The maximum absolute atomic E-state index is 12.9.